The molecule has 0 radical (unpaired) electrons. The minimum Gasteiger partial charge on any atom is -0.496 e. The lowest BCUT2D eigenvalue weighted by atomic mass is 9.98. The smallest absolute Gasteiger partial charge is 0.278 e. The predicted molar refractivity (Wildman–Crippen MR) is 112 cm³/mol. The number of likely N-dealkylation sites (tertiary alicyclic amines) is 1. The van der Waals surface area contributed by atoms with Crippen LogP contribution in [0, 0.1) is 5.92 Å². The summed E-state index contributed by atoms with van der Waals surface area (Å²) >= 11 is 0. The highest BCUT2D eigenvalue weighted by atomic mass is 16.5. The van der Waals surface area contributed by atoms with Gasteiger partial charge in [-0.25, -0.2) is 0 Å². The number of imide groups is 1. The van der Waals surface area contributed by atoms with Gasteiger partial charge in [0.25, 0.3) is 11.8 Å². The second kappa shape index (κ2) is 8.11. The lowest BCUT2D eigenvalue weighted by Crippen LogP contribution is -2.39. The molecule has 0 aliphatic carbocycles. The van der Waals surface area contributed by atoms with Gasteiger partial charge in [-0.15, -0.1) is 0 Å². The summed E-state index contributed by atoms with van der Waals surface area (Å²) in [6.45, 7) is 4.00. The van der Waals surface area contributed by atoms with Gasteiger partial charge in [-0.1, -0.05) is 55.5 Å². The molecule has 1 atom stereocenters. The zero-order valence-electron chi connectivity index (χ0n) is 16.9. The lowest BCUT2D eigenvalue weighted by Gasteiger charge is -2.33. The van der Waals surface area contributed by atoms with E-state index in [-0.39, 0.29) is 18.4 Å². The third-order valence-corrected chi connectivity index (χ3v) is 5.70. The molecule has 5 heteroatoms. The molecular weight excluding hydrogens is 364 g/mol. The number of rotatable bonds is 5. The summed E-state index contributed by atoms with van der Waals surface area (Å²) < 4.78 is 5.42. The largest absolute Gasteiger partial charge is 0.496 e. The second-order valence-corrected chi connectivity index (χ2v) is 7.79. The van der Waals surface area contributed by atoms with Crippen molar-refractivity contribution in [3.8, 4) is 5.75 Å². The van der Waals surface area contributed by atoms with E-state index in [0.29, 0.717) is 22.9 Å². The molecule has 0 aromatic heterocycles. The summed E-state index contributed by atoms with van der Waals surface area (Å²) in [5.41, 5.74) is 2.67. The van der Waals surface area contributed by atoms with Crippen molar-refractivity contribution in [1.82, 2.24) is 9.80 Å². The van der Waals surface area contributed by atoms with E-state index in [0.717, 1.165) is 37.1 Å². The Bertz CT molecular complexity index is 952. The Kier molecular flexibility index (Phi) is 5.38. The van der Waals surface area contributed by atoms with E-state index in [1.165, 1.54) is 4.90 Å². The highest BCUT2D eigenvalue weighted by Gasteiger charge is 2.42. The van der Waals surface area contributed by atoms with Crippen LogP contribution in [-0.4, -0.2) is 41.8 Å². The maximum Gasteiger partial charge on any atom is 0.278 e. The summed E-state index contributed by atoms with van der Waals surface area (Å²) in [7, 11) is 1.60. The highest BCUT2D eigenvalue weighted by Crippen LogP contribution is 2.35. The van der Waals surface area contributed by atoms with Gasteiger partial charge < -0.3 is 9.64 Å². The average Bonchev–Trinajstić information content (AvgIpc) is 2.99. The van der Waals surface area contributed by atoms with Crippen molar-refractivity contribution in [3.05, 3.63) is 71.4 Å². The maximum atomic E-state index is 13.5. The summed E-state index contributed by atoms with van der Waals surface area (Å²) in [4.78, 5) is 30.4. The van der Waals surface area contributed by atoms with Crippen molar-refractivity contribution in [2.24, 2.45) is 5.92 Å². The summed E-state index contributed by atoms with van der Waals surface area (Å²) in [5.74, 6) is 0.725. The zero-order valence-corrected chi connectivity index (χ0v) is 16.9. The molecule has 29 heavy (non-hydrogen) atoms. The SMILES string of the molecule is COc1ccccc1CN1C(=O)C(c2ccccc2)=C(N2CCCC(C)C2)C1=O. The van der Waals surface area contributed by atoms with Crippen molar-refractivity contribution in [3.63, 3.8) is 0 Å². The summed E-state index contributed by atoms with van der Waals surface area (Å²) in [5, 5.41) is 0. The van der Waals surface area contributed by atoms with Crippen molar-refractivity contribution >= 4 is 17.4 Å². The van der Waals surface area contributed by atoms with E-state index >= 15 is 0 Å². The van der Waals surface area contributed by atoms with E-state index in [4.69, 9.17) is 4.74 Å². The fraction of sp³-hybridized carbons (Fsp3) is 0.333. The highest BCUT2D eigenvalue weighted by molar-refractivity contribution is 6.35. The molecule has 1 saturated heterocycles. The molecule has 2 amide bonds. The predicted octanol–water partition coefficient (Wildman–Crippen LogP) is 3.71. The Balaban J connectivity index is 1.73. The van der Waals surface area contributed by atoms with Gasteiger partial charge in [0.2, 0.25) is 0 Å². The number of benzene rings is 2. The van der Waals surface area contributed by atoms with Gasteiger partial charge in [-0.05, 0) is 30.4 Å². The fourth-order valence-electron chi connectivity index (χ4n) is 4.26. The molecule has 2 aliphatic rings. The van der Waals surface area contributed by atoms with E-state index in [1.807, 2.05) is 54.6 Å². The minimum atomic E-state index is -0.236. The number of carbonyl (C=O) groups excluding carboxylic acids is 2. The van der Waals surface area contributed by atoms with E-state index in [2.05, 4.69) is 11.8 Å². The molecule has 0 spiro atoms. The number of para-hydroxylation sites is 1. The van der Waals surface area contributed by atoms with Crippen molar-refractivity contribution in [2.45, 2.75) is 26.3 Å². The van der Waals surface area contributed by atoms with Crippen LogP contribution in [0.15, 0.2) is 60.3 Å². The van der Waals surface area contributed by atoms with Gasteiger partial charge in [-0.2, -0.15) is 0 Å². The van der Waals surface area contributed by atoms with E-state index < -0.39 is 0 Å². The van der Waals surface area contributed by atoms with E-state index in [1.54, 1.807) is 7.11 Å². The summed E-state index contributed by atoms with van der Waals surface area (Å²) in [6.07, 6.45) is 2.18. The van der Waals surface area contributed by atoms with Crippen LogP contribution in [-0.2, 0) is 16.1 Å². The molecule has 150 valence electrons. The minimum absolute atomic E-state index is 0.199. The molecule has 2 aromatic carbocycles. The molecule has 4 rings (SSSR count). The Morgan fingerprint density at radius 2 is 1.72 bits per heavy atom. The summed E-state index contributed by atoms with van der Waals surface area (Å²) in [6, 6.07) is 17.0. The fourth-order valence-corrected chi connectivity index (χ4v) is 4.26. The third-order valence-electron chi connectivity index (χ3n) is 5.70. The molecule has 0 saturated carbocycles. The van der Waals surface area contributed by atoms with Crippen molar-refractivity contribution in [2.75, 3.05) is 20.2 Å². The van der Waals surface area contributed by atoms with E-state index in [9.17, 15) is 9.59 Å². The van der Waals surface area contributed by atoms with Gasteiger partial charge >= 0.3 is 0 Å². The maximum absolute atomic E-state index is 13.5. The normalized spacial score (nSPS) is 19.9. The molecular formula is C24H26N2O3. The van der Waals surface area contributed by atoms with Gasteiger partial charge in [-0.3, -0.25) is 14.5 Å². The molecule has 2 aromatic rings. The molecule has 1 fully saturated rings. The van der Waals surface area contributed by atoms with Crippen LogP contribution in [0.2, 0.25) is 0 Å². The quantitative estimate of drug-likeness (QED) is 0.731. The Labute approximate surface area is 171 Å². The van der Waals surface area contributed by atoms with Gasteiger partial charge in [0.1, 0.15) is 11.4 Å². The molecule has 0 bridgehead atoms. The second-order valence-electron chi connectivity index (χ2n) is 7.79. The molecule has 1 unspecified atom stereocenters. The first kappa shape index (κ1) is 19.2. The van der Waals surface area contributed by atoms with Crippen LogP contribution in [0.5, 0.6) is 5.75 Å². The van der Waals surface area contributed by atoms with Gasteiger partial charge in [0.05, 0.1) is 19.2 Å². The first-order chi connectivity index (χ1) is 14.1. The number of carbonyl (C=O) groups is 2. The van der Waals surface area contributed by atoms with Crippen LogP contribution < -0.4 is 4.74 Å². The average molecular weight is 390 g/mol. The van der Waals surface area contributed by atoms with Crippen LogP contribution in [0.1, 0.15) is 30.9 Å². The first-order valence-corrected chi connectivity index (χ1v) is 10.1. The lowest BCUT2D eigenvalue weighted by molar-refractivity contribution is -0.138. The van der Waals surface area contributed by atoms with Crippen LogP contribution in [0.4, 0.5) is 0 Å². The van der Waals surface area contributed by atoms with Crippen LogP contribution in [0.25, 0.3) is 5.57 Å². The van der Waals surface area contributed by atoms with Crippen LogP contribution >= 0.6 is 0 Å². The number of hydrogen-bond donors (Lipinski definition) is 0. The Hall–Kier alpha value is -3.08. The van der Waals surface area contributed by atoms with Crippen molar-refractivity contribution < 1.29 is 14.3 Å². The number of piperidine rings is 1. The molecule has 5 nitrogen and oxygen atoms in total. The monoisotopic (exact) mass is 390 g/mol. The molecule has 2 heterocycles. The zero-order chi connectivity index (χ0) is 20.4. The standard InChI is InChI=1S/C24H26N2O3/c1-17-9-8-14-25(15-17)22-21(18-10-4-3-5-11-18)23(27)26(24(22)28)16-19-12-6-7-13-20(19)29-2/h3-7,10-13,17H,8-9,14-16H2,1-2H3. The number of nitrogens with zero attached hydrogens (tertiary/aromatic N) is 2. The van der Waals surface area contributed by atoms with Gasteiger partial charge in [0, 0.05) is 18.7 Å². The number of hydrogen-bond acceptors (Lipinski definition) is 4. The van der Waals surface area contributed by atoms with Gasteiger partial charge in [0.15, 0.2) is 0 Å². The molecule has 2 aliphatic heterocycles. The first-order valence-electron chi connectivity index (χ1n) is 10.1. The Morgan fingerprint density at radius 1 is 1.00 bits per heavy atom. The van der Waals surface area contributed by atoms with Crippen molar-refractivity contribution in [1.29, 1.82) is 0 Å². The van der Waals surface area contributed by atoms with Crippen LogP contribution in [0.3, 0.4) is 0 Å². The number of methoxy groups -OCH3 is 1. The Morgan fingerprint density at radius 3 is 2.45 bits per heavy atom. The molecule has 0 N–H and O–H groups in total. The number of amides is 2. The third kappa shape index (κ3) is 3.65. The number of ether oxygens (including phenoxy) is 1. The topological polar surface area (TPSA) is 49.9 Å².